The Balaban J connectivity index is 1.62. The summed E-state index contributed by atoms with van der Waals surface area (Å²) in [4.78, 5) is 26.5. The van der Waals surface area contributed by atoms with Gasteiger partial charge in [0.25, 0.3) is 0 Å². The summed E-state index contributed by atoms with van der Waals surface area (Å²) in [6.07, 6.45) is 4.71. The van der Waals surface area contributed by atoms with Crippen molar-refractivity contribution < 1.29 is 32.9 Å². The fourth-order valence-electron chi connectivity index (χ4n) is 3.21. The first-order chi connectivity index (χ1) is 17.1. The molecular formula is C23H28F2N6O5. The van der Waals surface area contributed by atoms with Gasteiger partial charge in [-0.15, -0.1) is 0 Å². The molecule has 11 nitrogen and oxygen atoms in total. The number of β-amino-alcohol motifs (C(OH)–C–C–N with tert-alkyl or cyclic N) is 1. The Bertz CT molecular complexity index is 1120. The highest BCUT2D eigenvalue weighted by molar-refractivity contribution is 5.90. The average Bonchev–Trinajstić information content (AvgIpc) is 2.85. The first kappa shape index (κ1) is 26.6. The summed E-state index contributed by atoms with van der Waals surface area (Å²) in [6.45, 7) is 3.40. The maximum absolute atomic E-state index is 14.5. The van der Waals surface area contributed by atoms with E-state index in [0.717, 1.165) is 6.07 Å². The van der Waals surface area contributed by atoms with Gasteiger partial charge in [-0.3, -0.25) is 9.79 Å². The number of nitrogens with two attached hydrogens (primary N) is 1. The van der Waals surface area contributed by atoms with Crippen LogP contribution in [0.15, 0.2) is 35.3 Å². The quantitative estimate of drug-likeness (QED) is 0.409. The zero-order valence-corrected chi connectivity index (χ0v) is 20.3. The lowest BCUT2D eigenvalue weighted by Gasteiger charge is -2.39. The predicted molar refractivity (Wildman–Crippen MR) is 127 cm³/mol. The molecule has 1 aliphatic rings. The number of anilines is 1. The lowest BCUT2D eigenvalue weighted by Crippen LogP contribution is -2.58. The zero-order valence-electron chi connectivity index (χ0n) is 20.3. The molecule has 1 amide bonds. The number of hydrogen-bond acceptors (Lipinski definition) is 10. The van der Waals surface area contributed by atoms with Gasteiger partial charge in [-0.05, 0) is 13.8 Å². The monoisotopic (exact) mass is 506 g/mol. The SMILES string of the molecule is COc1cc(OC)c(F)c(COc2cnc(NC(C=NC(C)(C)C(=O)N3CC(O)C3)=CN)nc2)c1F. The van der Waals surface area contributed by atoms with Crippen LogP contribution in [0.4, 0.5) is 14.7 Å². The second kappa shape index (κ2) is 11.2. The molecule has 0 unspecified atom stereocenters. The van der Waals surface area contributed by atoms with Crippen LogP contribution >= 0.6 is 0 Å². The summed E-state index contributed by atoms with van der Waals surface area (Å²) in [6, 6.07) is 1.11. The van der Waals surface area contributed by atoms with E-state index in [1.807, 2.05) is 0 Å². The van der Waals surface area contributed by atoms with Crippen LogP contribution in [0, 0.1) is 11.6 Å². The summed E-state index contributed by atoms with van der Waals surface area (Å²) in [7, 11) is 2.51. The number of nitrogens with one attached hydrogen (secondary N) is 1. The van der Waals surface area contributed by atoms with Gasteiger partial charge in [0.1, 0.15) is 12.1 Å². The number of aliphatic imine (C=N–C) groups is 1. The van der Waals surface area contributed by atoms with Crippen molar-refractivity contribution in [2.45, 2.75) is 32.1 Å². The number of methoxy groups -OCH3 is 2. The van der Waals surface area contributed by atoms with E-state index in [1.54, 1.807) is 13.8 Å². The van der Waals surface area contributed by atoms with Gasteiger partial charge < -0.3 is 35.3 Å². The van der Waals surface area contributed by atoms with Crippen LogP contribution in [0.2, 0.25) is 0 Å². The van der Waals surface area contributed by atoms with Gasteiger partial charge >= 0.3 is 0 Å². The van der Waals surface area contributed by atoms with Gasteiger partial charge in [0.2, 0.25) is 11.9 Å². The van der Waals surface area contributed by atoms with E-state index in [1.165, 1.54) is 43.9 Å². The molecule has 1 aliphatic heterocycles. The number of carbonyl (C=O) groups excluding carboxylic acids is 1. The molecule has 3 rings (SSSR count). The normalized spacial score (nSPS) is 14.5. The minimum atomic E-state index is -1.07. The Morgan fingerprint density at radius 2 is 1.83 bits per heavy atom. The van der Waals surface area contributed by atoms with E-state index in [-0.39, 0.29) is 47.8 Å². The Morgan fingerprint density at radius 1 is 1.25 bits per heavy atom. The molecule has 2 aromatic rings. The average molecular weight is 507 g/mol. The number of aliphatic hydroxyl groups is 1. The third-order valence-electron chi connectivity index (χ3n) is 5.31. The van der Waals surface area contributed by atoms with Crippen molar-refractivity contribution in [2.75, 3.05) is 32.6 Å². The number of rotatable bonds is 10. The van der Waals surface area contributed by atoms with Crippen LogP contribution in [0.25, 0.3) is 0 Å². The third kappa shape index (κ3) is 5.97. The second-order valence-electron chi connectivity index (χ2n) is 8.35. The number of amides is 1. The third-order valence-corrected chi connectivity index (χ3v) is 5.31. The van der Waals surface area contributed by atoms with E-state index in [2.05, 4.69) is 20.3 Å². The summed E-state index contributed by atoms with van der Waals surface area (Å²) in [5.74, 6) is -2.11. The lowest BCUT2D eigenvalue weighted by molar-refractivity contribution is -0.145. The van der Waals surface area contributed by atoms with Crippen LogP contribution in [0.5, 0.6) is 17.2 Å². The van der Waals surface area contributed by atoms with Crippen molar-refractivity contribution >= 4 is 18.1 Å². The highest BCUT2D eigenvalue weighted by Crippen LogP contribution is 2.32. The number of halogens is 2. The molecule has 13 heteroatoms. The molecule has 0 radical (unpaired) electrons. The smallest absolute Gasteiger partial charge is 0.250 e. The van der Waals surface area contributed by atoms with Crippen LogP contribution in [-0.2, 0) is 11.4 Å². The van der Waals surface area contributed by atoms with Crippen molar-refractivity contribution in [1.82, 2.24) is 14.9 Å². The first-order valence-corrected chi connectivity index (χ1v) is 10.8. The molecular weight excluding hydrogens is 478 g/mol. The number of likely N-dealkylation sites (tertiary alicyclic amines) is 1. The summed E-state index contributed by atoms with van der Waals surface area (Å²) < 4.78 is 44.2. The van der Waals surface area contributed by atoms with Crippen molar-refractivity contribution in [1.29, 1.82) is 0 Å². The van der Waals surface area contributed by atoms with Crippen molar-refractivity contribution in [3.8, 4) is 17.2 Å². The van der Waals surface area contributed by atoms with Crippen LogP contribution in [-0.4, -0.2) is 71.0 Å². The van der Waals surface area contributed by atoms with Crippen LogP contribution in [0.1, 0.15) is 19.4 Å². The van der Waals surface area contributed by atoms with Gasteiger partial charge in [0.05, 0.1) is 44.0 Å². The maximum Gasteiger partial charge on any atom is 0.250 e. The van der Waals surface area contributed by atoms with E-state index in [0.29, 0.717) is 5.70 Å². The van der Waals surface area contributed by atoms with Gasteiger partial charge in [0, 0.05) is 31.6 Å². The number of ether oxygens (including phenoxy) is 3. The molecule has 36 heavy (non-hydrogen) atoms. The van der Waals surface area contributed by atoms with Crippen molar-refractivity contribution in [2.24, 2.45) is 10.7 Å². The van der Waals surface area contributed by atoms with E-state index in [4.69, 9.17) is 19.9 Å². The molecule has 1 fully saturated rings. The van der Waals surface area contributed by atoms with Crippen molar-refractivity contribution in [3.05, 3.63) is 47.6 Å². The Hall–Kier alpha value is -4.00. The Labute approximate surface area is 206 Å². The summed E-state index contributed by atoms with van der Waals surface area (Å²) in [5, 5.41) is 12.2. The number of aromatic nitrogens is 2. The number of nitrogens with zero attached hydrogens (tertiary/aromatic N) is 4. The maximum atomic E-state index is 14.5. The Kier molecular flexibility index (Phi) is 8.25. The molecule has 0 spiro atoms. The minimum Gasteiger partial charge on any atom is -0.494 e. The number of aliphatic hydroxyl groups excluding tert-OH is 1. The van der Waals surface area contributed by atoms with Crippen LogP contribution in [0.3, 0.4) is 0 Å². The van der Waals surface area contributed by atoms with E-state index >= 15 is 0 Å². The topological polar surface area (TPSA) is 144 Å². The number of allylic oxidation sites excluding steroid dienone is 1. The molecule has 0 saturated carbocycles. The minimum absolute atomic E-state index is 0.140. The molecule has 1 aromatic heterocycles. The van der Waals surface area contributed by atoms with Gasteiger partial charge in [-0.1, -0.05) is 0 Å². The first-order valence-electron chi connectivity index (χ1n) is 10.8. The standard InChI is InChI=1S/C23H28F2N6O5/c1-23(2,21(33)31-10-14(32)11-31)29-7-13(6-26)30-22-27-8-15(9-28-22)36-12-16-19(24)17(34-3)5-18(35-4)20(16)25/h5-9,14,32H,10-12,26H2,1-4H3,(H,27,28,30). The zero-order chi connectivity index (χ0) is 26.5. The van der Waals surface area contributed by atoms with Gasteiger partial charge in [0.15, 0.2) is 28.9 Å². The molecule has 4 N–H and O–H groups in total. The Morgan fingerprint density at radius 3 is 2.33 bits per heavy atom. The molecule has 0 bridgehead atoms. The molecule has 194 valence electrons. The highest BCUT2D eigenvalue weighted by atomic mass is 19.1. The number of carbonyl (C=O) groups is 1. The largest absolute Gasteiger partial charge is 0.494 e. The molecule has 1 saturated heterocycles. The fraction of sp³-hybridized carbons (Fsp3) is 0.391. The molecule has 1 aromatic carbocycles. The lowest BCUT2D eigenvalue weighted by atomic mass is 10.0. The van der Waals surface area contributed by atoms with Gasteiger partial charge in [-0.25, -0.2) is 18.7 Å². The predicted octanol–water partition coefficient (Wildman–Crippen LogP) is 1.62. The number of hydrogen-bond donors (Lipinski definition) is 3. The highest BCUT2D eigenvalue weighted by Gasteiger charge is 2.37. The fourth-order valence-corrected chi connectivity index (χ4v) is 3.21. The number of benzene rings is 1. The van der Waals surface area contributed by atoms with E-state index in [9.17, 15) is 18.7 Å². The molecule has 2 heterocycles. The van der Waals surface area contributed by atoms with Gasteiger partial charge in [-0.2, -0.15) is 0 Å². The molecule has 0 aliphatic carbocycles. The van der Waals surface area contributed by atoms with Crippen LogP contribution < -0.4 is 25.3 Å². The second-order valence-corrected chi connectivity index (χ2v) is 8.35. The van der Waals surface area contributed by atoms with Crippen molar-refractivity contribution in [3.63, 3.8) is 0 Å². The summed E-state index contributed by atoms with van der Waals surface area (Å²) in [5.41, 5.74) is 4.52. The molecule has 0 atom stereocenters. The summed E-state index contributed by atoms with van der Waals surface area (Å²) >= 11 is 0. The van der Waals surface area contributed by atoms with E-state index < -0.39 is 29.9 Å².